The highest BCUT2D eigenvalue weighted by Crippen LogP contribution is 2.44. The van der Waals surface area contributed by atoms with Gasteiger partial charge >= 0.3 is 0 Å². The molecular formula is C48H32N2. The molecule has 0 aliphatic heterocycles. The van der Waals surface area contributed by atoms with E-state index < -0.39 is 0 Å². The standard InChI is InChI=1S/C48H32N2/c1-3-14-33(15-4-1)34-28-30-35(31-29-34)36-16-11-19-38(32-36)50-44-25-10-8-21-42(44)48-40(23-13-27-46(48)50)39-22-12-26-45-47(39)41-20-7-9-24-43(41)49(45)37-17-5-2-6-18-37/h1-32H. The normalized spacial score (nSPS) is 11.6. The first-order chi connectivity index (χ1) is 24.8. The Labute approximate surface area is 290 Å². The van der Waals surface area contributed by atoms with Crippen LogP contribution in [0.1, 0.15) is 0 Å². The topological polar surface area (TPSA) is 9.86 Å². The molecule has 0 fully saturated rings. The van der Waals surface area contributed by atoms with Crippen molar-refractivity contribution >= 4 is 43.6 Å². The maximum atomic E-state index is 2.43. The molecule has 0 saturated carbocycles. The summed E-state index contributed by atoms with van der Waals surface area (Å²) in [5.41, 5.74) is 14.5. The second-order valence-corrected chi connectivity index (χ2v) is 12.9. The highest BCUT2D eigenvalue weighted by Gasteiger charge is 2.20. The minimum Gasteiger partial charge on any atom is -0.309 e. The summed E-state index contributed by atoms with van der Waals surface area (Å²) in [5.74, 6) is 0. The van der Waals surface area contributed by atoms with Gasteiger partial charge in [-0.3, -0.25) is 0 Å². The summed E-state index contributed by atoms with van der Waals surface area (Å²) in [6.45, 7) is 0. The van der Waals surface area contributed by atoms with Gasteiger partial charge in [-0.05, 0) is 81.9 Å². The number of para-hydroxylation sites is 3. The van der Waals surface area contributed by atoms with Gasteiger partial charge in [-0.2, -0.15) is 0 Å². The van der Waals surface area contributed by atoms with E-state index in [1.54, 1.807) is 0 Å². The van der Waals surface area contributed by atoms with Gasteiger partial charge in [0.15, 0.2) is 0 Å². The van der Waals surface area contributed by atoms with E-state index in [4.69, 9.17) is 0 Å². The van der Waals surface area contributed by atoms with E-state index in [1.807, 2.05) is 0 Å². The van der Waals surface area contributed by atoms with Crippen LogP contribution in [0.3, 0.4) is 0 Å². The van der Waals surface area contributed by atoms with Gasteiger partial charge in [-0.25, -0.2) is 0 Å². The van der Waals surface area contributed by atoms with Crippen LogP contribution in [0.4, 0.5) is 0 Å². The number of fused-ring (bicyclic) bond motifs is 6. The fourth-order valence-corrected chi connectivity index (χ4v) is 7.93. The molecule has 10 rings (SSSR count). The third-order valence-corrected chi connectivity index (χ3v) is 10.1. The minimum atomic E-state index is 1.15. The van der Waals surface area contributed by atoms with Crippen LogP contribution in [0, 0.1) is 0 Å². The smallest absolute Gasteiger partial charge is 0.0547 e. The fraction of sp³-hybridized carbons (Fsp3) is 0. The lowest BCUT2D eigenvalue weighted by atomic mass is 9.95. The van der Waals surface area contributed by atoms with Crippen molar-refractivity contribution in [1.82, 2.24) is 9.13 Å². The van der Waals surface area contributed by atoms with Crippen LogP contribution in [0.15, 0.2) is 194 Å². The van der Waals surface area contributed by atoms with Crippen LogP contribution < -0.4 is 0 Å². The summed E-state index contributed by atoms with van der Waals surface area (Å²) in [6, 6.07) is 70.3. The highest BCUT2D eigenvalue weighted by molar-refractivity contribution is 6.22. The Morgan fingerprint density at radius 3 is 1.26 bits per heavy atom. The zero-order valence-electron chi connectivity index (χ0n) is 27.4. The molecule has 0 aliphatic carbocycles. The lowest BCUT2D eigenvalue weighted by Crippen LogP contribution is -1.94. The Morgan fingerprint density at radius 2 is 0.660 bits per heavy atom. The first-order valence-electron chi connectivity index (χ1n) is 17.2. The van der Waals surface area contributed by atoms with Crippen molar-refractivity contribution in [3.05, 3.63) is 194 Å². The monoisotopic (exact) mass is 636 g/mol. The molecular weight excluding hydrogens is 605 g/mol. The van der Waals surface area contributed by atoms with E-state index in [0.717, 1.165) is 5.69 Å². The minimum absolute atomic E-state index is 1.15. The maximum absolute atomic E-state index is 2.43. The number of nitrogens with zero attached hydrogens (tertiary/aromatic N) is 2. The second-order valence-electron chi connectivity index (χ2n) is 12.9. The van der Waals surface area contributed by atoms with E-state index in [1.165, 1.54) is 82.7 Å². The Balaban J connectivity index is 1.18. The zero-order chi connectivity index (χ0) is 33.0. The molecule has 2 heteroatoms. The average molecular weight is 637 g/mol. The maximum Gasteiger partial charge on any atom is 0.0547 e. The molecule has 0 aliphatic rings. The Bertz CT molecular complexity index is 2840. The molecule has 2 heterocycles. The van der Waals surface area contributed by atoms with Crippen molar-refractivity contribution in [2.24, 2.45) is 0 Å². The second kappa shape index (κ2) is 11.5. The molecule has 2 nitrogen and oxygen atoms in total. The lowest BCUT2D eigenvalue weighted by molar-refractivity contribution is 1.18. The summed E-state index contributed by atoms with van der Waals surface area (Å²) in [7, 11) is 0. The number of hydrogen-bond donors (Lipinski definition) is 0. The molecule has 0 N–H and O–H groups in total. The first kappa shape index (κ1) is 28.4. The van der Waals surface area contributed by atoms with Gasteiger partial charge in [0, 0.05) is 32.9 Å². The van der Waals surface area contributed by atoms with Crippen LogP contribution in [0.5, 0.6) is 0 Å². The fourth-order valence-electron chi connectivity index (χ4n) is 7.93. The number of aromatic nitrogens is 2. The molecule has 0 atom stereocenters. The number of rotatable bonds is 5. The molecule has 0 radical (unpaired) electrons. The quantitative estimate of drug-likeness (QED) is 0.178. The van der Waals surface area contributed by atoms with Crippen molar-refractivity contribution in [1.29, 1.82) is 0 Å². The molecule has 0 amide bonds. The summed E-state index contributed by atoms with van der Waals surface area (Å²) in [5, 5.41) is 5.05. The summed E-state index contributed by atoms with van der Waals surface area (Å²) < 4.78 is 4.83. The van der Waals surface area contributed by atoms with Gasteiger partial charge in [-0.1, -0.05) is 146 Å². The Hall–Kier alpha value is -6.64. The molecule has 234 valence electrons. The molecule has 0 unspecified atom stereocenters. The van der Waals surface area contributed by atoms with Crippen LogP contribution >= 0.6 is 0 Å². The van der Waals surface area contributed by atoms with Crippen molar-refractivity contribution in [2.75, 3.05) is 0 Å². The predicted molar refractivity (Wildman–Crippen MR) is 211 cm³/mol. The van der Waals surface area contributed by atoms with Crippen molar-refractivity contribution in [3.63, 3.8) is 0 Å². The SMILES string of the molecule is c1ccc(-c2ccc(-c3cccc(-n4c5ccccc5c5c(-c6cccc7c6c6ccccc6n7-c6ccccc6)cccc54)c3)cc2)cc1. The average Bonchev–Trinajstić information content (AvgIpc) is 3.72. The summed E-state index contributed by atoms with van der Waals surface area (Å²) in [4.78, 5) is 0. The third-order valence-electron chi connectivity index (χ3n) is 10.1. The van der Waals surface area contributed by atoms with E-state index in [9.17, 15) is 0 Å². The van der Waals surface area contributed by atoms with Gasteiger partial charge in [0.05, 0.1) is 22.1 Å². The van der Waals surface area contributed by atoms with Gasteiger partial charge in [-0.15, -0.1) is 0 Å². The molecule has 0 saturated heterocycles. The molecule has 10 aromatic rings. The van der Waals surface area contributed by atoms with Gasteiger partial charge in [0.1, 0.15) is 0 Å². The molecule has 8 aromatic carbocycles. The van der Waals surface area contributed by atoms with E-state index in [-0.39, 0.29) is 0 Å². The van der Waals surface area contributed by atoms with Crippen LogP contribution in [-0.4, -0.2) is 9.13 Å². The van der Waals surface area contributed by atoms with Crippen LogP contribution in [-0.2, 0) is 0 Å². The van der Waals surface area contributed by atoms with Crippen molar-refractivity contribution < 1.29 is 0 Å². The predicted octanol–water partition coefficient (Wildman–Crippen LogP) is 12.9. The molecule has 0 bridgehead atoms. The Morgan fingerprint density at radius 1 is 0.260 bits per heavy atom. The van der Waals surface area contributed by atoms with Gasteiger partial charge in [0.2, 0.25) is 0 Å². The third kappa shape index (κ3) is 4.43. The molecule has 2 aromatic heterocycles. The van der Waals surface area contributed by atoms with Gasteiger partial charge in [0.25, 0.3) is 0 Å². The van der Waals surface area contributed by atoms with E-state index in [0.29, 0.717) is 0 Å². The summed E-state index contributed by atoms with van der Waals surface area (Å²) in [6.07, 6.45) is 0. The largest absolute Gasteiger partial charge is 0.309 e. The molecule has 50 heavy (non-hydrogen) atoms. The highest BCUT2D eigenvalue weighted by atomic mass is 15.0. The Kier molecular flexibility index (Phi) is 6.53. The number of hydrogen-bond acceptors (Lipinski definition) is 0. The van der Waals surface area contributed by atoms with Crippen molar-refractivity contribution in [3.8, 4) is 44.8 Å². The molecule has 0 spiro atoms. The summed E-state index contributed by atoms with van der Waals surface area (Å²) >= 11 is 0. The van der Waals surface area contributed by atoms with Gasteiger partial charge < -0.3 is 9.13 Å². The van der Waals surface area contributed by atoms with Crippen LogP contribution in [0.25, 0.3) is 88.4 Å². The zero-order valence-corrected chi connectivity index (χ0v) is 27.4. The van der Waals surface area contributed by atoms with Crippen LogP contribution in [0.2, 0.25) is 0 Å². The first-order valence-corrected chi connectivity index (χ1v) is 17.2. The lowest BCUT2D eigenvalue weighted by Gasteiger charge is -2.12. The van der Waals surface area contributed by atoms with Crippen molar-refractivity contribution in [2.45, 2.75) is 0 Å². The van der Waals surface area contributed by atoms with E-state index >= 15 is 0 Å². The number of benzene rings is 8. The van der Waals surface area contributed by atoms with E-state index in [2.05, 4.69) is 203 Å².